The van der Waals surface area contributed by atoms with Crippen molar-refractivity contribution < 1.29 is 14.4 Å². The van der Waals surface area contributed by atoms with Crippen LogP contribution in [-0.4, -0.2) is 44.7 Å². The van der Waals surface area contributed by atoms with Gasteiger partial charge in [-0.25, -0.2) is 9.89 Å². The Morgan fingerprint density at radius 1 is 1.30 bits per heavy atom. The quantitative estimate of drug-likeness (QED) is 0.898. The molecule has 0 radical (unpaired) electrons. The molecule has 1 N–H and O–H groups in total. The second kappa shape index (κ2) is 6.76. The van der Waals surface area contributed by atoms with Crippen LogP contribution in [0.4, 0.5) is 5.69 Å². The molecule has 1 atom stereocenters. The third kappa shape index (κ3) is 3.76. The van der Waals surface area contributed by atoms with E-state index in [0.717, 1.165) is 10.5 Å². The molecule has 3 amide bonds. The highest BCUT2D eigenvalue weighted by Gasteiger charge is 2.36. The Kier molecular flexibility index (Phi) is 4.72. The topological polar surface area (TPSA) is 78.8 Å². The summed E-state index contributed by atoms with van der Waals surface area (Å²) in [5, 5.41) is 2.84. The standard InChI is InChI=1S/C15H15N3O3S2/c1-9-2-4-10(5-3-9)16-15-18(14(21)8-23-15)13(20)6-12-17-11(19)7-22-12/h2-5,12H,6-8H2,1H3,(H,17,19). The van der Waals surface area contributed by atoms with Gasteiger partial charge in [-0.05, 0) is 19.1 Å². The number of carbonyl (C=O) groups excluding carboxylic acids is 3. The third-order valence-electron chi connectivity index (χ3n) is 3.37. The summed E-state index contributed by atoms with van der Waals surface area (Å²) in [5.41, 5.74) is 1.82. The van der Waals surface area contributed by atoms with Gasteiger partial charge in [-0.3, -0.25) is 14.4 Å². The third-order valence-corrected chi connectivity index (χ3v) is 5.41. The fraction of sp³-hybridized carbons (Fsp3) is 0.333. The Balaban J connectivity index is 1.75. The van der Waals surface area contributed by atoms with Crippen LogP contribution < -0.4 is 5.32 Å². The Labute approximate surface area is 142 Å². The number of nitrogens with zero attached hydrogens (tertiary/aromatic N) is 2. The van der Waals surface area contributed by atoms with Gasteiger partial charge in [-0.1, -0.05) is 29.5 Å². The number of hydrogen-bond donors (Lipinski definition) is 1. The number of thioether (sulfide) groups is 2. The molecule has 6 nitrogen and oxygen atoms in total. The second-order valence-corrected chi connectivity index (χ2v) is 7.35. The maximum atomic E-state index is 12.4. The van der Waals surface area contributed by atoms with Crippen LogP contribution in [0.2, 0.25) is 0 Å². The van der Waals surface area contributed by atoms with Gasteiger partial charge in [-0.15, -0.1) is 11.8 Å². The predicted molar refractivity (Wildman–Crippen MR) is 91.6 cm³/mol. The molecular formula is C15H15N3O3S2. The summed E-state index contributed by atoms with van der Waals surface area (Å²) in [4.78, 5) is 41.2. The number of hydrogen-bond acceptors (Lipinski definition) is 6. The van der Waals surface area contributed by atoms with E-state index in [4.69, 9.17) is 0 Å². The van der Waals surface area contributed by atoms with E-state index in [1.807, 2.05) is 31.2 Å². The molecule has 23 heavy (non-hydrogen) atoms. The summed E-state index contributed by atoms with van der Waals surface area (Å²) < 4.78 is 0. The molecule has 2 aliphatic rings. The molecule has 1 aromatic rings. The Morgan fingerprint density at radius 2 is 2.04 bits per heavy atom. The number of carbonyl (C=O) groups is 3. The van der Waals surface area contributed by atoms with E-state index in [2.05, 4.69) is 10.3 Å². The fourth-order valence-electron chi connectivity index (χ4n) is 2.22. The van der Waals surface area contributed by atoms with Crippen molar-refractivity contribution in [1.82, 2.24) is 10.2 Å². The Bertz CT molecular complexity index is 688. The molecule has 0 spiro atoms. The van der Waals surface area contributed by atoms with Crippen LogP contribution in [0.15, 0.2) is 29.3 Å². The minimum atomic E-state index is -0.328. The smallest absolute Gasteiger partial charge is 0.245 e. The molecule has 0 bridgehead atoms. The Hall–Kier alpha value is -1.80. The molecule has 2 heterocycles. The van der Waals surface area contributed by atoms with Gasteiger partial charge in [0, 0.05) is 0 Å². The van der Waals surface area contributed by atoms with Crippen molar-refractivity contribution in [2.24, 2.45) is 4.99 Å². The van der Waals surface area contributed by atoms with Gasteiger partial charge in [0.1, 0.15) is 0 Å². The highest BCUT2D eigenvalue weighted by molar-refractivity contribution is 8.15. The minimum Gasteiger partial charge on any atom is -0.343 e. The van der Waals surface area contributed by atoms with Gasteiger partial charge >= 0.3 is 0 Å². The maximum absolute atomic E-state index is 12.4. The van der Waals surface area contributed by atoms with Gasteiger partial charge in [0.25, 0.3) is 0 Å². The predicted octanol–water partition coefficient (Wildman–Crippen LogP) is 1.66. The number of aryl methyl sites for hydroxylation is 1. The number of amides is 3. The lowest BCUT2D eigenvalue weighted by molar-refractivity contribution is -0.137. The van der Waals surface area contributed by atoms with Crippen molar-refractivity contribution in [3.05, 3.63) is 29.8 Å². The van der Waals surface area contributed by atoms with Crippen molar-refractivity contribution in [1.29, 1.82) is 0 Å². The molecule has 0 aliphatic carbocycles. The van der Waals surface area contributed by atoms with Crippen LogP contribution >= 0.6 is 23.5 Å². The lowest BCUT2D eigenvalue weighted by Crippen LogP contribution is -2.39. The average Bonchev–Trinajstić information content (AvgIpc) is 3.07. The number of nitrogens with one attached hydrogen (secondary N) is 1. The molecular weight excluding hydrogens is 334 g/mol. The van der Waals surface area contributed by atoms with E-state index >= 15 is 0 Å². The maximum Gasteiger partial charge on any atom is 0.245 e. The molecule has 2 aliphatic heterocycles. The van der Waals surface area contributed by atoms with E-state index in [-0.39, 0.29) is 35.3 Å². The van der Waals surface area contributed by atoms with Crippen LogP contribution in [0.25, 0.3) is 0 Å². The van der Waals surface area contributed by atoms with Gasteiger partial charge in [-0.2, -0.15) is 0 Å². The molecule has 1 unspecified atom stereocenters. The summed E-state index contributed by atoms with van der Waals surface area (Å²) in [6.45, 7) is 1.98. The Morgan fingerprint density at radius 3 is 2.70 bits per heavy atom. The highest BCUT2D eigenvalue weighted by atomic mass is 32.2. The van der Waals surface area contributed by atoms with Crippen molar-refractivity contribution in [3.63, 3.8) is 0 Å². The fourth-order valence-corrected chi connectivity index (χ4v) is 4.01. The summed E-state index contributed by atoms with van der Waals surface area (Å²) in [6.07, 6.45) is 0.0929. The first kappa shape index (κ1) is 16.1. The first-order valence-corrected chi connectivity index (χ1v) is 9.11. The van der Waals surface area contributed by atoms with Crippen molar-refractivity contribution >= 4 is 52.1 Å². The molecule has 0 aromatic heterocycles. The largest absolute Gasteiger partial charge is 0.343 e. The summed E-state index contributed by atoms with van der Waals surface area (Å²) in [5.74, 6) is -0.111. The lowest BCUT2D eigenvalue weighted by atomic mass is 10.2. The molecule has 8 heteroatoms. The molecule has 1 aromatic carbocycles. The minimum absolute atomic E-state index is 0.0801. The number of imide groups is 1. The number of benzene rings is 1. The second-order valence-electron chi connectivity index (χ2n) is 5.21. The van der Waals surface area contributed by atoms with E-state index in [1.54, 1.807) is 0 Å². The van der Waals surface area contributed by atoms with Crippen molar-refractivity contribution in [3.8, 4) is 0 Å². The van der Waals surface area contributed by atoms with Crippen LogP contribution in [0, 0.1) is 6.92 Å². The molecule has 0 saturated carbocycles. The zero-order chi connectivity index (χ0) is 16.4. The summed E-state index contributed by atoms with van der Waals surface area (Å²) in [7, 11) is 0. The van der Waals surface area contributed by atoms with Crippen molar-refractivity contribution in [2.45, 2.75) is 18.7 Å². The monoisotopic (exact) mass is 349 g/mol. The average molecular weight is 349 g/mol. The van der Waals surface area contributed by atoms with Gasteiger partial charge in [0.2, 0.25) is 17.7 Å². The van der Waals surface area contributed by atoms with Gasteiger partial charge in [0.15, 0.2) is 5.17 Å². The zero-order valence-corrected chi connectivity index (χ0v) is 14.1. The van der Waals surface area contributed by atoms with Crippen LogP contribution in [0.1, 0.15) is 12.0 Å². The summed E-state index contributed by atoms with van der Waals surface area (Å²) >= 11 is 2.64. The highest BCUT2D eigenvalue weighted by Crippen LogP contribution is 2.26. The molecule has 120 valence electrons. The van der Waals surface area contributed by atoms with Crippen LogP contribution in [0.5, 0.6) is 0 Å². The first-order chi connectivity index (χ1) is 11.0. The van der Waals surface area contributed by atoms with Crippen LogP contribution in [0.3, 0.4) is 0 Å². The van der Waals surface area contributed by atoms with E-state index < -0.39 is 0 Å². The first-order valence-electron chi connectivity index (χ1n) is 7.08. The lowest BCUT2D eigenvalue weighted by Gasteiger charge is -2.16. The zero-order valence-electron chi connectivity index (χ0n) is 12.4. The van der Waals surface area contributed by atoms with Gasteiger partial charge in [0.05, 0.1) is 29.0 Å². The molecule has 3 rings (SSSR count). The van der Waals surface area contributed by atoms with Gasteiger partial charge < -0.3 is 5.32 Å². The van der Waals surface area contributed by atoms with Crippen molar-refractivity contribution in [2.75, 3.05) is 11.5 Å². The summed E-state index contributed by atoms with van der Waals surface area (Å²) in [6, 6.07) is 7.55. The normalized spacial score (nSPS) is 22.7. The molecule has 2 fully saturated rings. The number of rotatable bonds is 3. The SMILES string of the molecule is Cc1ccc(N=C2SCC(=O)N2C(=O)CC2NC(=O)CS2)cc1. The molecule has 2 saturated heterocycles. The number of amidine groups is 1. The van der Waals surface area contributed by atoms with Crippen LogP contribution in [-0.2, 0) is 14.4 Å². The number of aliphatic imine (C=N–C) groups is 1. The van der Waals surface area contributed by atoms with E-state index in [0.29, 0.717) is 16.6 Å². The van der Waals surface area contributed by atoms with E-state index in [1.165, 1.54) is 23.5 Å². The van der Waals surface area contributed by atoms with E-state index in [9.17, 15) is 14.4 Å².